The minimum Gasteiger partial charge on any atom is -0.504 e. The molecular weight excluding hydrogens is 328 g/mol. The van der Waals surface area contributed by atoms with Gasteiger partial charge in [0.1, 0.15) is 0 Å². The number of benzene rings is 1. The Balaban J connectivity index is 1.91. The summed E-state index contributed by atoms with van der Waals surface area (Å²) >= 11 is 0. The van der Waals surface area contributed by atoms with Crippen LogP contribution in [0.1, 0.15) is 81.3 Å². The normalized spacial score (nSPS) is 37.5. The molecule has 1 aromatic rings. The maximum atomic E-state index is 11.9. The molecule has 4 nitrogen and oxygen atoms in total. The van der Waals surface area contributed by atoms with Gasteiger partial charge in [0.05, 0.1) is 5.56 Å². The summed E-state index contributed by atoms with van der Waals surface area (Å²) in [6.45, 7) is 9.34. The number of hydrogen-bond acceptors (Lipinski definition) is 3. The molecule has 1 aromatic carbocycles. The van der Waals surface area contributed by atoms with Crippen LogP contribution in [0.25, 0.3) is 0 Å². The van der Waals surface area contributed by atoms with E-state index >= 15 is 0 Å². The maximum absolute atomic E-state index is 11.9. The molecule has 4 atom stereocenters. The molecular formula is C22H30O4. The number of phenols is 2. The zero-order valence-corrected chi connectivity index (χ0v) is 16.2. The fourth-order valence-electron chi connectivity index (χ4n) is 7.34. The highest BCUT2D eigenvalue weighted by Crippen LogP contribution is 2.68. The van der Waals surface area contributed by atoms with E-state index < -0.39 is 5.97 Å². The summed E-state index contributed by atoms with van der Waals surface area (Å²) < 4.78 is 0. The number of rotatable bonds is 1. The first-order valence-electron chi connectivity index (χ1n) is 9.84. The van der Waals surface area contributed by atoms with Gasteiger partial charge in [0.15, 0.2) is 11.5 Å². The van der Waals surface area contributed by atoms with Gasteiger partial charge in [-0.15, -0.1) is 0 Å². The molecule has 0 bridgehead atoms. The van der Waals surface area contributed by atoms with Gasteiger partial charge >= 0.3 is 5.97 Å². The molecule has 4 rings (SSSR count). The number of carbonyl (C=O) groups is 1. The average molecular weight is 358 g/mol. The molecule has 1 unspecified atom stereocenters. The second-order valence-corrected chi connectivity index (χ2v) is 10.1. The number of hydrogen-bond donors (Lipinski definition) is 3. The molecule has 0 aromatic heterocycles. The van der Waals surface area contributed by atoms with Crippen molar-refractivity contribution >= 4 is 5.97 Å². The monoisotopic (exact) mass is 358 g/mol. The number of phenolic OH excluding ortho intramolecular Hbond substituents is 2. The van der Waals surface area contributed by atoms with E-state index in [1.807, 2.05) is 0 Å². The van der Waals surface area contributed by atoms with Crippen LogP contribution in [0.5, 0.6) is 11.5 Å². The third-order valence-corrected chi connectivity index (χ3v) is 8.38. The Labute approximate surface area is 155 Å². The molecule has 0 aliphatic heterocycles. The largest absolute Gasteiger partial charge is 0.504 e. The topological polar surface area (TPSA) is 77.8 Å². The minimum absolute atomic E-state index is 0.115. The average Bonchev–Trinajstić information content (AvgIpc) is 2.85. The Morgan fingerprint density at radius 3 is 2.42 bits per heavy atom. The molecule has 0 amide bonds. The first-order valence-corrected chi connectivity index (χ1v) is 9.84. The highest BCUT2D eigenvalue weighted by atomic mass is 16.4. The van der Waals surface area contributed by atoms with Gasteiger partial charge in [-0.05, 0) is 71.8 Å². The van der Waals surface area contributed by atoms with E-state index in [1.165, 1.54) is 18.9 Å². The number of aromatic hydroxyl groups is 2. The van der Waals surface area contributed by atoms with E-state index in [-0.39, 0.29) is 27.9 Å². The lowest BCUT2D eigenvalue weighted by Gasteiger charge is -2.61. The van der Waals surface area contributed by atoms with E-state index in [0.29, 0.717) is 29.2 Å². The van der Waals surface area contributed by atoms with Gasteiger partial charge in [0, 0.05) is 5.56 Å². The van der Waals surface area contributed by atoms with Crippen LogP contribution in [0, 0.1) is 22.7 Å². The zero-order valence-electron chi connectivity index (χ0n) is 16.2. The molecule has 0 saturated heterocycles. The minimum atomic E-state index is -1.02. The Morgan fingerprint density at radius 1 is 1.08 bits per heavy atom. The van der Waals surface area contributed by atoms with E-state index in [9.17, 15) is 20.1 Å². The lowest BCUT2D eigenvalue weighted by molar-refractivity contribution is -0.0983. The molecule has 0 spiro atoms. The molecule has 3 aliphatic rings. The van der Waals surface area contributed by atoms with E-state index in [2.05, 4.69) is 27.7 Å². The quantitative estimate of drug-likeness (QED) is 0.627. The zero-order chi connectivity index (χ0) is 19.1. The van der Waals surface area contributed by atoms with Crippen LogP contribution in [0.15, 0.2) is 6.07 Å². The highest BCUT2D eigenvalue weighted by Gasteiger charge is 2.62. The Morgan fingerprint density at radius 2 is 1.77 bits per heavy atom. The molecule has 26 heavy (non-hydrogen) atoms. The van der Waals surface area contributed by atoms with Crippen molar-refractivity contribution < 1.29 is 20.1 Å². The van der Waals surface area contributed by atoms with Crippen LogP contribution in [0.3, 0.4) is 0 Å². The number of carboxylic acid groups (broad SMARTS) is 1. The van der Waals surface area contributed by atoms with Gasteiger partial charge in [-0.3, -0.25) is 0 Å². The van der Waals surface area contributed by atoms with Gasteiger partial charge in [-0.1, -0.05) is 34.1 Å². The van der Waals surface area contributed by atoms with Crippen LogP contribution in [-0.2, 0) is 11.8 Å². The number of aromatic carboxylic acids is 1. The number of carboxylic acids is 1. The van der Waals surface area contributed by atoms with Crippen molar-refractivity contribution in [2.24, 2.45) is 22.7 Å². The third-order valence-electron chi connectivity index (χ3n) is 8.38. The van der Waals surface area contributed by atoms with Gasteiger partial charge in [0.2, 0.25) is 0 Å². The molecule has 3 N–H and O–H groups in total. The lowest BCUT2D eigenvalue weighted by atomic mass is 9.43. The van der Waals surface area contributed by atoms with Crippen molar-refractivity contribution in [1.29, 1.82) is 0 Å². The second-order valence-electron chi connectivity index (χ2n) is 10.1. The molecule has 2 fully saturated rings. The van der Waals surface area contributed by atoms with Crippen molar-refractivity contribution in [2.45, 2.75) is 71.6 Å². The summed E-state index contributed by atoms with van der Waals surface area (Å²) in [5.41, 5.74) is 1.77. The predicted molar refractivity (Wildman–Crippen MR) is 99.7 cm³/mol. The summed E-state index contributed by atoms with van der Waals surface area (Å²) in [6.07, 6.45) is 6.30. The molecule has 0 heterocycles. The molecule has 0 radical (unpaired) electrons. The number of fused-ring (bicyclic) bond motifs is 5. The highest BCUT2D eigenvalue weighted by molar-refractivity contribution is 5.92. The summed E-state index contributed by atoms with van der Waals surface area (Å²) in [4.78, 5) is 11.9. The van der Waals surface area contributed by atoms with Crippen molar-refractivity contribution in [3.8, 4) is 11.5 Å². The molecule has 2 saturated carbocycles. The van der Waals surface area contributed by atoms with E-state index in [4.69, 9.17) is 0 Å². The summed E-state index contributed by atoms with van der Waals surface area (Å²) in [6, 6.07) is 1.24. The van der Waals surface area contributed by atoms with E-state index in [0.717, 1.165) is 24.8 Å². The first kappa shape index (κ1) is 17.7. The fourth-order valence-corrected chi connectivity index (χ4v) is 7.34. The van der Waals surface area contributed by atoms with Crippen molar-refractivity contribution in [1.82, 2.24) is 0 Å². The van der Waals surface area contributed by atoms with Crippen LogP contribution in [-0.4, -0.2) is 21.3 Å². The summed E-state index contributed by atoms with van der Waals surface area (Å²) in [7, 11) is 0. The Hall–Kier alpha value is -1.71. The van der Waals surface area contributed by atoms with Crippen LogP contribution < -0.4 is 0 Å². The summed E-state index contributed by atoms with van der Waals surface area (Å²) in [5, 5.41) is 30.4. The smallest absolute Gasteiger partial charge is 0.336 e. The van der Waals surface area contributed by atoms with E-state index in [1.54, 1.807) is 0 Å². The maximum Gasteiger partial charge on any atom is 0.336 e. The lowest BCUT2D eigenvalue weighted by Crippen LogP contribution is -2.55. The van der Waals surface area contributed by atoms with Gasteiger partial charge in [0.25, 0.3) is 0 Å². The third kappa shape index (κ3) is 2.04. The Kier molecular flexibility index (Phi) is 3.52. The SMILES string of the molecule is CC1(C)CCC[C@@]2(C)C1CC[C@@]1(C)c3c(C(=O)O)cc(O)c(O)c3C[C@@H]12. The van der Waals surface area contributed by atoms with Crippen LogP contribution in [0.2, 0.25) is 0 Å². The standard InChI is InChI=1S/C22H30O4/c1-20(2)7-5-8-21(3)15(20)6-9-22(4)16(21)11-12-17(22)13(19(25)26)10-14(23)18(12)24/h10,15-16,23-24H,5-9,11H2,1-4H3,(H,25,26)/t15?,16-,21+,22-/m1/s1. The first-order chi connectivity index (χ1) is 12.0. The summed E-state index contributed by atoms with van der Waals surface area (Å²) in [5.74, 6) is -0.533. The predicted octanol–water partition coefficient (Wildman–Crippen LogP) is 4.85. The molecule has 142 valence electrons. The van der Waals surface area contributed by atoms with Gasteiger partial charge in [-0.25, -0.2) is 4.79 Å². The second kappa shape index (κ2) is 5.17. The van der Waals surface area contributed by atoms with Crippen LogP contribution in [0.4, 0.5) is 0 Å². The molecule has 3 aliphatic carbocycles. The van der Waals surface area contributed by atoms with Crippen molar-refractivity contribution in [3.63, 3.8) is 0 Å². The van der Waals surface area contributed by atoms with Crippen LogP contribution >= 0.6 is 0 Å². The Bertz CT molecular complexity index is 796. The van der Waals surface area contributed by atoms with Gasteiger partial charge < -0.3 is 15.3 Å². The fraction of sp³-hybridized carbons (Fsp3) is 0.682. The van der Waals surface area contributed by atoms with Crippen molar-refractivity contribution in [2.75, 3.05) is 0 Å². The van der Waals surface area contributed by atoms with Crippen molar-refractivity contribution in [3.05, 3.63) is 22.8 Å². The molecule has 4 heteroatoms. The van der Waals surface area contributed by atoms with Gasteiger partial charge in [-0.2, -0.15) is 0 Å².